The highest BCUT2D eigenvalue weighted by Gasteiger charge is 2.54. The highest BCUT2D eigenvalue weighted by molar-refractivity contribution is 5.92. The zero-order valence-electron chi connectivity index (χ0n) is 26.8. The van der Waals surface area contributed by atoms with Gasteiger partial charge in [0.15, 0.2) is 6.23 Å². The molecule has 3 aromatic rings. The summed E-state index contributed by atoms with van der Waals surface area (Å²) >= 11 is 0. The molecule has 0 radical (unpaired) electrons. The van der Waals surface area contributed by atoms with Gasteiger partial charge in [-0.3, -0.25) is 4.90 Å². The number of benzene rings is 2. The number of hydrogen-bond acceptors (Lipinski definition) is 7. The maximum absolute atomic E-state index is 15.6. The smallest absolute Gasteiger partial charge is 0.416 e. The van der Waals surface area contributed by atoms with Crippen molar-refractivity contribution in [2.75, 3.05) is 18.0 Å². The molecule has 0 saturated carbocycles. The SMILES string of the molecule is CC(C)c1cc(C(=O)O)ccc1C1=C(F)CCC(c2cnc(N3CCC3)nc2CN2C3OC3O[C@H](c3cccc(C(F)(F)F)c3)[C@@H]2C)=C1. The number of halogens is 4. The third kappa shape index (κ3) is 6.12. The number of aromatic carboxylic acids is 1. The van der Waals surface area contributed by atoms with Crippen LogP contribution in [0.25, 0.3) is 11.1 Å². The van der Waals surface area contributed by atoms with Gasteiger partial charge in [-0.05, 0) is 78.3 Å². The molecule has 3 aliphatic heterocycles. The van der Waals surface area contributed by atoms with Crippen LogP contribution in [-0.2, 0) is 22.2 Å². The van der Waals surface area contributed by atoms with E-state index in [1.807, 2.05) is 26.8 Å². The molecule has 252 valence electrons. The van der Waals surface area contributed by atoms with Crippen molar-refractivity contribution in [2.45, 2.75) is 83.3 Å². The maximum Gasteiger partial charge on any atom is 0.416 e. The van der Waals surface area contributed by atoms with Crippen LogP contribution in [0.3, 0.4) is 0 Å². The summed E-state index contributed by atoms with van der Waals surface area (Å²) in [6.45, 7) is 7.78. The van der Waals surface area contributed by atoms with E-state index in [4.69, 9.17) is 14.5 Å². The average Bonchev–Trinajstić information content (AvgIpc) is 3.81. The summed E-state index contributed by atoms with van der Waals surface area (Å²) in [5.74, 6) is -0.778. The third-order valence-electron chi connectivity index (χ3n) is 9.65. The topological polar surface area (TPSA) is 91.3 Å². The van der Waals surface area contributed by atoms with E-state index in [9.17, 15) is 23.1 Å². The predicted molar refractivity (Wildman–Crippen MR) is 171 cm³/mol. The van der Waals surface area contributed by atoms with Crippen molar-refractivity contribution in [2.24, 2.45) is 0 Å². The summed E-state index contributed by atoms with van der Waals surface area (Å²) in [4.78, 5) is 25.5. The van der Waals surface area contributed by atoms with E-state index < -0.39 is 30.1 Å². The number of nitrogens with zero attached hydrogens (tertiary/aromatic N) is 4. The summed E-state index contributed by atoms with van der Waals surface area (Å²) in [6.07, 6.45) is -0.917. The number of carboxylic acid groups (broad SMARTS) is 1. The first-order valence-electron chi connectivity index (χ1n) is 16.2. The monoisotopic (exact) mass is 664 g/mol. The van der Waals surface area contributed by atoms with Crippen LogP contribution in [0.15, 0.2) is 60.6 Å². The second kappa shape index (κ2) is 12.4. The fraction of sp³-hybridized carbons (Fsp3) is 0.417. The number of carbonyl (C=O) groups is 1. The largest absolute Gasteiger partial charge is 0.478 e. The Balaban J connectivity index is 1.25. The first-order valence-corrected chi connectivity index (χ1v) is 16.2. The number of fused-ring (bicyclic) bond motifs is 1. The van der Waals surface area contributed by atoms with Gasteiger partial charge < -0.3 is 19.5 Å². The molecule has 0 spiro atoms. The molecule has 48 heavy (non-hydrogen) atoms. The molecular weight excluding hydrogens is 628 g/mol. The highest BCUT2D eigenvalue weighted by atomic mass is 19.4. The Labute approximate surface area is 275 Å². The third-order valence-corrected chi connectivity index (χ3v) is 9.65. The molecule has 3 saturated heterocycles. The van der Waals surface area contributed by atoms with Crippen molar-refractivity contribution in [1.29, 1.82) is 0 Å². The van der Waals surface area contributed by atoms with Crippen LogP contribution in [0.4, 0.5) is 23.5 Å². The Kier molecular flexibility index (Phi) is 8.37. The first-order chi connectivity index (χ1) is 22.9. The normalized spacial score (nSPS) is 24.3. The number of allylic oxidation sites excluding steroid dienone is 4. The lowest BCUT2D eigenvalue weighted by Crippen LogP contribution is -2.45. The molecule has 1 aliphatic carbocycles. The fourth-order valence-corrected chi connectivity index (χ4v) is 6.77. The number of rotatable bonds is 8. The van der Waals surface area contributed by atoms with Crippen molar-refractivity contribution < 1.29 is 36.9 Å². The van der Waals surface area contributed by atoms with E-state index in [1.165, 1.54) is 12.1 Å². The minimum atomic E-state index is -4.48. The molecule has 8 nitrogen and oxygen atoms in total. The van der Waals surface area contributed by atoms with E-state index in [0.29, 0.717) is 41.3 Å². The second-order valence-electron chi connectivity index (χ2n) is 13.1. The molecule has 12 heteroatoms. The zero-order chi connectivity index (χ0) is 33.9. The van der Waals surface area contributed by atoms with E-state index in [0.717, 1.165) is 48.3 Å². The Morgan fingerprint density at radius 1 is 1.08 bits per heavy atom. The van der Waals surface area contributed by atoms with Crippen LogP contribution < -0.4 is 4.90 Å². The summed E-state index contributed by atoms with van der Waals surface area (Å²) in [6, 6.07) is 9.61. The lowest BCUT2D eigenvalue weighted by atomic mass is 9.85. The number of hydrogen-bond donors (Lipinski definition) is 1. The van der Waals surface area contributed by atoms with E-state index >= 15 is 4.39 Å². The molecule has 2 aromatic carbocycles. The summed E-state index contributed by atoms with van der Waals surface area (Å²) in [5, 5.41) is 9.57. The molecule has 4 aliphatic rings. The standard InChI is InChI=1S/C36H36F4N4O4/c1-19(2)26-16-23(33(45)46)8-10-25(26)27-15-21(9-11-29(27)37)28-17-41-35(43-12-5-13-43)42-30(28)18-44-20(3)31(47-34-32(44)48-34)22-6-4-7-24(14-22)36(38,39)40/h4,6-8,10,14-17,19-20,31-32,34H,5,9,11-13,18H2,1-3H3,(H,45,46)/t20-,31-,32?,34?/m0/s1. The Morgan fingerprint density at radius 3 is 2.56 bits per heavy atom. The lowest BCUT2D eigenvalue weighted by molar-refractivity contribution is -0.137. The van der Waals surface area contributed by atoms with Gasteiger partial charge in [0.05, 0.1) is 16.8 Å². The Bertz CT molecular complexity index is 1820. The van der Waals surface area contributed by atoms with Gasteiger partial charge in [-0.15, -0.1) is 0 Å². The lowest BCUT2D eigenvalue weighted by Gasteiger charge is -2.37. The maximum atomic E-state index is 15.6. The van der Waals surface area contributed by atoms with Crippen LogP contribution in [0, 0.1) is 0 Å². The number of epoxide rings is 1. The molecule has 4 atom stereocenters. The number of carboxylic acids is 1. The van der Waals surface area contributed by atoms with Gasteiger partial charge in [0.2, 0.25) is 12.2 Å². The molecule has 0 amide bonds. The molecule has 2 unspecified atom stereocenters. The molecule has 7 rings (SSSR count). The molecular formula is C36H36F4N4O4. The number of aromatic nitrogens is 2. The molecule has 0 bridgehead atoms. The van der Waals surface area contributed by atoms with Crippen LogP contribution in [-0.4, -0.2) is 57.6 Å². The quantitative estimate of drug-likeness (QED) is 0.193. The molecule has 1 aromatic heterocycles. The number of ether oxygens (including phenoxy) is 2. The molecule has 3 fully saturated rings. The van der Waals surface area contributed by atoms with E-state index in [2.05, 4.69) is 14.8 Å². The van der Waals surface area contributed by atoms with Gasteiger partial charge in [0, 0.05) is 49.4 Å². The predicted octanol–water partition coefficient (Wildman–Crippen LogP) is 7.73. The first kappa shape index (κ1) is 32.4. The van der Waals surface area contributed by atoms with Crippen molar-refractivity contribution in [1.82, 2.24) is 14.9 Å². The summed E-state index contributed by atoms with van der Waals surface area (Å²) in [7, 11) is 0. The Hall–Kier alpha value is -4.13. The van der Waals surface area contributed by atoms with Gasteiger partial charge in [-0.2, -0.15) is 13.2 Å². The van der Waals surface area contributed by atoms with E-state index in [1.54, 1.807) is 24.4 Å². The van der Waals surface area contributed by atoms with Crippen LogP contribution in [0.2, 0.25) is 0 Å². The van der Waals surface area contributed by atoms with Gasteiger partial charge in [-0.1, -0.05) is 32.0 Å². The molecule has 4 heterocycles. The van der Waals surface area contributed by atoms with E-state index in [-0.39, 0.29) is 36.0 Å². The molecule has 1 N–H and O–H groups in total. The van der Waals surface area contributed by atoms with Crippen molar-refractivity contribution in [3.8, 4) is 0 Å². The zero-order valence-corrected chi connectivity index (χ0v) is 26.8. The summed E-state index contributed by atoms with van der Waals surface area (Å²) < 4.78 is 68.2. The van der Waals surface area contributed by atoms with Gasteiger partial charge in [0.25, 0.3) is 0 Å². The minimum Gasteiger partial charge on any atom is -0.478 e. The van der Waals surface area contributed by atoms with Crippen molar-refractivity contribution >= 4 is 23.1 Å². The van der Waals surface area contributed by atoms with Gasteiger partial charge in [0.1, 0.15) is 11.9 Å². The number of alkyl halides is 3. The van der Waals surface area contributed by atoms with Crippen molar-refractivity contribution in [3.63, 3.8) is 0 Å². The fourth-order valence-electron chi connectivity index (χ4n) is 6.77. The van der Waals surface area contributed by atoms with Crippen LogP contribution in [0.5, 0.6) is 0 Å². The van der Waals surface area contributed by atoms with Crippen LogP contribution in [0.1, 0.15) is 95.9 Å². The van der Waals surface area contributed by atoms with Crippen LogP contribution >= 0.6 is 0 Å². The highest BCUT2D eigenvalue weighted by Crippen LogP contribution is 2.45. The Morgan fingerprint density at radius 2 is 1.88 bits per heavy atom. The summed E-state index contributed by atoms with van der Waals surface area (Å²) in [5.41, 5.74) is 3.91. The average molecular weight is 665 g/mol. The van der Waals surface area contributed by atoms with Gasteiger partial charge >= 0.3 is 12.1 Å². The number of anilines is 1. The van der Waals surface area contributed by atoms with Gasteiger partial charge in [-0.25, -0.2) is 19.2 Å². The van der Waals surface area contributed by atoms with Crippen molar-refractivity contribution in [3.05, 3.63) is 99.6 Å². The number of morpholine rings is 1. The minimum absolute atomic E-state index is 0.0489. The second-order valence-corrected chi connectivity index (χ2v) is 13.1.